The minimum absolute atomic E-state index is 0.0356. The molecule has 2 atom stereocenters. The van der Waals surface area contributed by atoms with E-state index in [0.29, 0.717) is 17.5 Å². The van der Waals surface area contributed by atoms with E-state index in [-0.39, 0.29) is 12.5 Å². The second-order valence-electron chi connectivity index (χ2n) is 6.88. The van der Waals surface area contributed by atoms with Crippen LogP contribution in [0.2, 0.25) is 0 Å². The Labute approximate surface area is 151 Å². The molecule has 0 bridgehead atoms. The SMILES string of the molecule is FC(F)(F)C1(c2ccccc2)CCC(N2C=CC=CC2)c2ccccc21. The summed E-state index contributed by atoms with van der Waals surface area (Å²) in [6.07, 6.45) is 4.08. The molecule has 1 aliphatic carbocycles. The average molecular weight is 355 g/mol. The molecule has 2 aliphatic rings. The van der Waals surface area contributed by atoms with Gasteiger partial charge in [-0.2, -0.15) is 13.2 Å². The normalized spacial score (nSPS) is 25.2. The van der Waals surface area contributed by atoms with Crippen LogP contribution in [0, 0.1) is 0 Å². The molecule has 1 nitrogen and oxygen atoms in total. The highest BCUT2D eigenvalue weighted by atomic mass is 19.4. The first-order chi connectivity index (χ1) is 12.5. The Hall–Kier alpha value is -2.49. The Kier molecular flexibility index (Phi) is 4.14. The van der Waals surface area contributed by atoms with Crippen LogP contribution in [-0.2, 0) is 5.41 Å². The molecule has 0 saturated heterocycles. The second-order valence-corrected chi connectivity index (χ2v) is 6.88. The summed E-state index contributed by atoms with van der Waals surface area (Å²) in [4.78, 5) is 2.13. The number of nitrogens with zero attached hydrogens (tertiary/aromatic N) is 1. The van der Waals surface area contributed by atoms with Crippen molar-refractivity contribution in [1.82, 2.24) is 4.90 Å². The first-order valence-electron chi connectivity index (χ1n) is 8.85. The quantitative estimate of drug-likeness (QED) is 0.662. The number of rotatable bonds is 2. The molecule has 4 heteroatoms. The van der Waals surface area contributed by atoms with Crippen LogP contribution in [0.1, 0.15) is 35.6 Å². The molecule has 0 amide bonds. The van der Waals surface area contributed by atoms with Gasteiger partial charge in [0.25, 0.3) is 0 Å². The van der Waals surface area contributed by atoms with Gasteiger partial charge in [0.2, 0.25) is 0 Å². The minimum Gasteiger partial charge on any atom is -0.367 e. The summed E-state index contributed by atoms with van der Waals surface area (Å²) in [5.74, 6) is 0. The van der Waals surface area contributed by atoms with Gasteiger partial charge >= 0.3 is 6.18 Å². The summed E-state index contributed by atoms with van der Waals surface area (Å²) < 4.78 is 43.5. The highest BCUT2D eigenvalue weighted by Crippen LogP contribution is 2.55. The monoisotopic (exact) mass is 355 g/mol. The van der Waals surface area contributed by atoms with Crippen molar-refractivity contribution in [3.63, 3.8) is 0 Å². The first kappa shape index (κ1) is 17.0. The number of allylic oxidation sites excluding steroid dienone is 2. The van der Waals surface area contributed by atoms with Crippen LogP contribution in [-0.4, -0.2) is 17.6 Å². The van der Waals surface area contributed by atoms with Crippen molar-refractivity contribution in [2.24, 2.45) is 0 Å². The summed E-state index contributed by atoms with van der Waals surface area (Å²) in [6, 6.07) is 15.4. The predicted molar refractivity (Wildman–Crippen MR) is 96.7 cm³/mol. The molecule has 0 saturated carbocycles. The van der Waals surface area contributed by atoms with E-state index >= 15 is 0 Å². The van der Waals surface area contributed by atoms with Gasteiger partial charge in [-0.15, -0.1) is 0 Å². The van der Waals surface area contributed by atoms with Gasteiger partial charge in [0.05, 0.1) is 6.04 Å². The molecule has 26 heavy (non-hydrogen) atoms. The van der Waals surface area contributed by atoms with Gasteiger partial charge in [-0.1, -0.05) is 66.7 Å². The molecule has 4 rings (SSSR count). The van der Waals surface area contributed by atoms with Gasteiger partial charge in [-0.25, -0.2) is 0 Å². The average Bonchev–Trinajstić information content (AvgIpc) is 2.67. The molecular formula is C22H20F3N. The Balaban J connectivity index is 1.89. The summed E-state index contributed by atoms with van der Waals surface area (Å²) in [6.45, 7) is 0.722. The Morgan fingerprint density at radius 2 is 1.65 bits per heavy atom. The first-order valence-corrected chi connectivity index (χ1v) is 8.85. The van der Waals surface area contributed by atoms with Crippen molar-refractivity contribution in [3.05, 3.63) is 95.7 Å². The zero-order valence-corrected chi connectivity index (χ0v) is 14.3. The molecular weight excluding hydrogens is 335 g/mol. The predicted octanol–water partition coefficient (Wildman–Crippen LogP) is 5.76. The molecule has 2 aromatic carbocycles. The van der Waals surface area contributed by atoms with E-state index in [9.17, 15) is 13.2 Å². The summed E-state index contributed by atoms with van der Waals surface area (Å²) in [5.41, 5.74) is -0.457. The molecule has 1 heterocycles. The van der Waals surface area contributed by atoms with E-state index < -0.39 is 11.6 Å². The van der Waals surface area contributed by atoms with Crippen LogP contribution in [0.15, 0.2) is 79.0 Å². The maximum absolute atomic E-state index is 14.5. The third-order valence-corrected chi connectivity index (χ3v) is 5.56. The molecule has 2 aromatic rings. The number of hydrogen-bond acceptors (Lipinski definition) is 1. The Morgan fingerprint density at radius 1 is 0.923 bits per heavy atom. The van der Waals surface area contributed by atoms with Crippen molar-refractivity contribution in [1.29, 1.82) is 0 Å². The molecule has 0 fully saturated rings. The lowest BCUT2D eigenvalue weighted by atomic mass is 9.64. The number of hydrogen-bond donors (Lipinski definition) is 0. The third kappa shape index (κ3) is 2.56. The van der Waals surface area contributed by atoms with Gasteiger partial charge in [-0.3, -0.25) is 0 Å². The van der Waals surface area contributed by atoms with Crippen LogP contribution in [0.3, 0.4) is 0 Å². The van der Waals surface area contributed by atoms with Gasteiger partial charge in [0.1, 0.15) is 5.41 Å². The van der Waals surface area contributed by atoms with Crippen LogP contribution >= 0.6 is 0 Å². The lowest BCUT2D eigenvalue weighted by molar-refractivity contribution is -0.183. The Morgan fingerprint density at radius 3 is 2.35 bits per heavy atom. The third-order valence-electron chi connectivity index (χ3n) is 5.56. The lowest BCUT2D eigenvalue weighted by Gasteiger charge is -2.46. The smallest absolute Gasteiger partial charge is 0.367 e. The highest BCUT2D eigenvalue weighted by Gasteiger charge is 2.59. The molecule has 0 aromatic heterocycles. The van der Waals surface area contributed by atoms with Crippen molar-refractivity contribution >= 4 is 0 Å². The fourth-order valence-corrected chi connectivity index (χ4v) is 4.36. The van der Waals surface area contributed by atoms with E-state index in [1.165, 1.54) is 0 Å². The van der Waals surface area contributed by atoms with E-state index in [1.54, 1.807) is 42.5 Å². The molecule has 0 N–H and O–H groups in total. The standard InChI is InChI=1S/C22H20F3N/c23-22(24,25)21(17-9-3-1-4-10-17)14-13-20(26-15-7-2-8-16-26)18-11-5-6-12-19(18)21/h1-12,15,20H,13-14,16H2. The van der Waals surface area contributed by atoms with Crippen LogP contribution in [0.5, 0.6) is 0 Å². The molecule has 0 radical (unpaired) electrons. The fourth-order valence-electron chi connectivity index (χ4n) is 4.36. The number of halogens is 3. The van der Waals surface area contributed by atoms with Gasteiger partial charge < -0.3 is 4.90 Å². The van der Waals surface area contributed by atoms with Crippen LogP contribution < -0.4 is 0 Å². The van der Waals surface area contributed by atoms with E-state index in [4.69, 9.17) is 0 Å². The molecule has 1 aliphatic heterocycles. The van der Waals surface area contributed by atoms with Crippen molar-refractivity contribution < 1.29 is 13.2 Å². The van der Waals surface area contributed by atoms with Crippen molar-refractivity contribution in [3.8, 4) is 0 Å². The van der Waals surface area contributed by atoms with Crippen LogP contribution in [0.4, 0.5) is 13.2 Å². The number of fused-ring (bicyclic) bond motifs is 1. The maximum atomic E-state index is 14.5. The number of alkyl halides is 3. The zero-order chi connectivity index (χ0) is 18.2. The molecule has 0 spiro atoms. The van der Waals surface area contributed by atoms with Crippen molar-refractivity contribution in [2.45, 2.75) is 30.5 Å². The highest BCUT2D eigenvalue weighted by molar-refractivity contribution is 5.49. The lowest BCUT2D eigenvalue weighted by Crippen LogP contribution is -2.48. The van der Waals surface area contributed by atoms with E-state index in [2.05, 4.69) is 4.90 Å². The summed E-state index contributed by atoms with van der Waals surface area (Å²) >= 11 is 0. The van der Waals surface area contributed by atoms with Crippen molar-refractivity contribution in [2.75, 3.05) is 6.54 Å². The maximum Gasteiger partial charge on any atom is 0.402 e. The molecule has 134 valence electrons. The van der Waals surface area contributed by atoms with Gasteiger partial charge in [-0.05, 0) is 41.8 Å². The Bertz CT molecular complexity index is 838. The van der Waals surface area contributed by atoms with E-state index in [1.807, 2.05) is 36.6 Å². The van der Waals surface area contributed by atoms with E-state index in [0.717, 1.165) is 12.1 Å². The summed E-state index contributed by atoms with van der Waals surface area (Å²) in [7, 11) is 0. The second kappa shape index (κ2) is 6.35. The number of benzene rings is 2. The largest absolute Gasteiger partial charge is 0.402 e. The topological polar surface area (TPSA) is 3.24 Å². The molecule has 2 unspecified atom stereocenters. The zero-order valence-electron chi connectivity index (χ0n) is 14.3. The van der Waals surface area contributed by atoms with Crippen LogP contribution in [0.25, 0.3) is 0 Å². The van der Waals surface area contributed by atoms with Gasteiger partial charge in [0, 0.05) is 6.54 Å². The minimum atomic E-state index is -4.35. The summed E-state index contributed by atoms with van der Waals surface area (Å²) in [5, 5.41) is 0. The fraction of sp³-hybridized carbons (Fsp3) is 0.273. The van der Waals surface area contributed by atoms with Gasteiger partial charge in [0.15, 0.2) is 0 Å².